The Morgan fingerprint density at radius 3 is 2.57 bits per heavy atom. The highest BCUT2D eigenvalue weighted by molar-refractivity contribution is 6.17. The summed E-state index contributed by atoms with van der Waals surface area (Å²) in [7, 11) is 1.62. The van der Waals surface area contributed by atoms with Crippen molar-refractivity contribution in [1.82, 2.24) is 9.47 Å². The number of hydrogen-bond acceptors (Lipinski definition) is 8. The van der Waals surface area contributed by atoms with Crippen LogP contribution in [-0.4, -0.2) is 70.8 Å². The van der Waals surface area contributed by atoms with Crippen LogP contribution in [-0.2, 0) is 16.1 Å². The Hall–Kier alpha value is -4.48. The number of nitro groups is 1. The number of aryl methyl sites for hydroxylation is 2. The van der Waals surface area contributed by atoms with E-state index in [2.05, 4.69) is 9.72 Å². The molecular weight excluding hydrogens is 564 g/mol. The van der Waals surface area contributed by atoms with E-state index in [1.54, 1.807) is 24.1 Å². The van der Waals surface area contributed by atoms with Crippen LogP contribution in [0.5, 0.6) is 5.75 Å². The molecule has 44 heavy (non-hydrogen) atoms. The number of carbonyl (C=O) groups excluding carboxylic acids is 1. The topological polar surface area (TPSA) is 129 Å². The van der Waals surface area contributed by atoms with E-state index < -0.39 is 11.0 Å². The summed E-state index contributed by atoms with van der Waals surface area (Å²) in [6, 6.07) is 16.3. The summed E-state index contributed by atoms with van der Waals surface area (Å²) < 4.78 is 13.3. The molecule has 2 atom stereocenters. The quantitative estimate of drug-likeness (QED) is 0.101. The van der Waals surface area contributed by atoms with Gasteiger partial charge in [0.15, 0.2) is 0 Å². The molecule has 1 aliphatic heterocycles. The molecule has 2 heterocycles. The fourth-order valence-corrected chi connectivity index (χ4v) is 5.95. The van der Waals surface area contributed by atoms with E-state index in [1.165, 1.54) is 6.07 Å². The number of methoxy groups -OCH3 is 1. The molecule has 3 aromatic carbocycles. The fourth-order valence-electron chi connectivity index (χ4n) is 5.95. The first-order chi connectivity index (χ1) is 21.2. The van der Waals surface area contributed by atoms with Crippen LogP contribution >= 0.6 is 0 Å². The number of carbonyl (C=O) groups is 1. The fraction of sp³-hybridized carbons (Fsp3) is 0.394. The van der Waals surface area contributed by atoms with E-state index in [4.69, 9.17) is 14.3 Å². The molecule has 0 aliphatic carbocycles. The molecule has 0 bridgehead atoms. The number of fused-ring (bicyclic) bond motifs is 3. The van der Waals surface area contributed by atoms with Gasteiger partial charge < -0.3 is 24.0 Å². The SMILES string of the molecule is CCn1c2ccc(/C(=N/OC(=O)N3CCCC(CO)C3)c3ccc(OC(C)COC)cc3C)cc2c2cc([N+](=O)[O-])ccc21. The lowest BCUT2D eigenvalue weighted by atomic mass is 9.96. The van der Waals surface area contributed by atoms with Crippen LogP contribution in [0, 0.1) is 23.0 Å². The van der Waals surface area contributed by atoms with E-state index in [1.807, 2.05) is 57.2 Å². The molecule has 0 spiro atoms. The van der Waals surface area contributed by atoms with Crippen LogP contribution in [0.25, 0.3) is 21.8 Å². The van der Waals surface area contributed by atoms with E-state index in [0.717, 1.165) is 45.8 Å². The predicted molar refractivity (Wildman–Crippen MR) is 168 cm³/mol. The minimum absolute atomic E-state index is 0.0115. The predicted octanol–water partition coefficient (Wildman–Crippen LogP) is 6.04. The van der Waals surface area contributed by atoms with E-state index in [-0.39, 0.29) is 24.3 Å². The van der Waals surface area contributed by atoms with Crippen molar-refractivity contribution in [3.8, 4) is 5.75 Å². The van der Waals surface area contributed by atoms with Crippen LogP contribution in [0.1, 0.15) is 43.4 Å². The van der Waals surface area contributed by atoms with Crippen molar-refractivity contribution in [2.45, 2.75) is 46.3 Å². The zero-order chi connectivity index (χ0) is 31.4. The van der Waals surface area contributed by atoms with E-state index in [9.17, 15) is 20.0 Å². The number of ether oxygens (including phenoxy) is 2. The number of piperidine rings is 1. The standard InChI is InChI=1S/C33H38N4O7/c1-5-36-30-12-8-24(16-28(30)29-17-25(37(40)41)9-13-31(29)36)32(34-44-33(39)35-14-6-7-23(18-35)19-38)27-11-10-26(15-21(27)2)43-22(3)20-42-4/h8-13,15-17,22-23,38H,5-7,14,18-20H2,1-4H3/b34-32-. The summed E-state index contributed by atoms with van der Waals surface area (Å²) in [6.45, 7) is 7.97. The van der Waals surface area contributed by atoms with Crippen LogP contribution < -0.4 is 4.74 Å². The highest BCUT2D eigenvalue weighted by atomic mass is 16.7. The zero-order valence-electron chi connectivity index (χ0n) is 25.5. The summed E-state index contributed by atoms with van der Waals surface area (Å²) in [4.78, 5) is 31.4. The molecule has 1 N–H and O–H groups in total. The van der Waals surface area contributed by atoms with Crippen LogP contribution in [0.15, 0.2) is 59.8 Å². The number of nitrogens with zero attached hydrogens (tertiary/aromatic N) is 4. The highest BCUT2D eigenvalue weighted by Gasteiger charge is 2.25. The normalized spacial score (nSPS) is 16.3. The Balaban J connectivity index is 1.59. The summed E-state index contributed by atoms with van der Waals surface area (Å²) in [6.07, 6.45) is 0.915. The van der Waals surface area contributed by atoms with Crippen molar-refractivity contribution in [1.29, 1.82) is 0 Å². The maximum atomic E-state index is 13.1. The lowest BCUT2D eigenvalue weighted by Gasteiger charge is -2.30. The Labute approximate surface area is 255 Å². The number of aliphatic hydroxyl groups excluding tert-OH is 1. The second-order valence-corrected chi connectivity index (χ2v) is 11.2. The highest BCUT2D eigenvalue weighted by Crippen LogP contribution is 2.33. The zero-order valence-corrected chi connectivity index (χ0v) is 25.5. The number of amides is 1. The number of nitro benzene ring substituents is 1. The van der Waals surface area contributed by atoms with Gasteiger partial charge in [0.1, 0.15) is 17.6 Å². The van der Waals surface area contributed by atoms with Crippen LogP contribution in [0.4, 0.5) is 10.5 Å². The average molecular weight is 603 g/mol. The van der Waals surface area contributed by atoms with Crippen LogP contribution in [0.3, 0.4) is 0 Å². The van der Waals surface area contributed by atoms with Gasteiger partial charge in [-0.1, -0.05) is 11.2 Å². The molecule has 1 fully saturated rings. The summed E-state index contributed by atoms with van der Waals surface area (Å²) >= 11 is 0. The Kier molecular flexibility index (Phi) is 9.46. The lowest BCUT2D eigenvalue weighted by Crippen LogP contribution is -2.40. The minimum atomic E-state index is -0.578. The molecule has 0 saturated carbocycles. The molecule has 1 saturated heterocycles. The van der Waals surface area contributed by atoms with Crippen LogP contribution in [0.2, 0.25) is 0 Å². The molecule has 0 radical (unpaired) electrons. The van der Waals surface area contributed by atoms with Gasteiger partial charge >= 0.3 is 6.09 Å². The molecule has 1 aromatic heterocycles. The maximum absolute atomic E-state index is 13.1. The Morgan fingerprint density at radius 2 is 1.89 bits per heavy atom. The largest absolute Gasteiger partial charge is 0.488 e. The van der Waals surface area contributed by atoms with Gasteiger partial charge in [-0.15, -0.1) is 0 Å². The van der Waals surface area contributed by atoms with Gasteiger partial charge in [0.25, 0.3) is 5.69 Å². The number of aliphatic hydroxyl groups is 1. The van der Waals surface area contributed by atoms with Crippen molar-refractivity contribution < 1.29 is 29.1 Å². The third-order valence-corrected chi connectivity index (χ3v) is 8.09. The van der Waals surface area contributed by atoms with Crippen molar-refractivity contribution in [3.63, 3.8) is 0 Å². The molecule has 232 valence electrons. The third kappa shape index (κ3) is 6.39. The van der Waals surface area contributed by atoms with E-state index in [0.29, 0.717) is 43.3 Å². The molecule has 11 heteroatoms. The summed E-state index contributed by atoms with van der Waals surface area (Å²) in [5.74, 6) is 0.682. The van der Waals surface area contributed by atoms with Gasteiger partial charge in [-0.2, -0.15) is 0 Å². The number of hydrogen-bond donors (Lipinski definition) is 1. The first-order valence-electron chi connectivity index (χ1n) is 14.9. The van der Waals surface area contributed by atoms with Gasteiger partial charge in [-0.25, -0.2) is 4.79 Å². The second-order valence-electron chi connectivity index (χ2n) is 11.2. The molecule has 4 aromatic rings. The van der Waals surface area contributed by atoms with Gasteiger partial charge in [-0.05, 0) is 81.5 Å². The number of oxime groups is 1. The number of rotatable bonds is 10. The van der Waals surface area contributed by atoms with Gasteiger partial charge in [0.05, 0.1) is 11.5 Å². The first-order valence-corrected chi connectivity index (χ1v) is 14.9. The second kappa shape index (κ2) is 13.4. The minimum Gasteiger partial charge on any atom is -0.488 e. The average Bonchev–Trinajstić information content (AvgIpc) is 3.34. The van der Waals surface area contributed by atoms with Gasteiger partial charge in [-0.3, -0.25) is 15.0 Å². The number of non-ortho nitro benzene ring substituents is 1. The summed E-state index contributed by atoms with van der Waals surface area (Å²) in [5.41, 5.74) is 4.54. The van der Waals surface area contributed by atoms with Crippen molar-refractivity contribution >= 4 is 39.3 Å². The molecule has 5 rings (SSSR count). The molecule has 1 aliphatic rings. The molecule has 1 amide bonds. The smallest absolute Gasteiger partial charge is 0.436 e. The van der Waals surface area contributed by atoms with Crippen molar-refractivity contribution in [3.05, 3.63) is 81.4 Å². The summed E-state index contributed by atoms with van der Waals surface area (Å²) in [5, 5.41) is 27.2. The molecule has 2 unspecified atom stereocenters. The van der Waals surface area contributed by atoms with Gasteiger partial charge in [0, 0.05) is 78.4 Å². The monoisotopic (exact) mass is 602 g/mol. The molecule has 11 nitrogen and oxygen atoms in total. The third-order valence-electron chi connectivity index (χ3n) is 8.09. The lowest BCUT2D eigenvalue weighted by molar-refractivity contribution is -0.384. The Morgan fingerprint density at radius 1 is 1.14 bits per heavy atom. The number of aromatic nitrogens is 1. The number of likely N-dealkylation sites (tertiary alicyclic amines) is 1. The first kappa shape index (κ1) is 31.0. The number of benzene rings is 3. The molecular formula is C33H38N4O7. The van der Waals surface area contributed by atoms with Gasteiger partial charge in [0.2, 0.25) is 0 Å². The maximum Gasteiger partial charge on any atom is 0.436 e. The Bertz CT molecular complexity index is 1710. The van der Waals surface area contributed by atoms with Crippen molar-refractivity contribution in [2.24, 2.45) is 11.1 Å². The van der Waals surface area contributed by atoms with Crippen molar-refractivity contribution in [2.75, 3.05) is 33.4 Å². The van der Waals surface area contributed by atoms with E-state index >= 15 is 0 Å².